The number of imidazole rings is 1. The lowest BCUT2D eigenvalue weighted by atomic mass is 10.2. The highest BCUT2D eigenvalue weighted by Gasteiger charge is 2.02. The molecule has 0 radical (unpaired) electrons. The molecule has 2 rings (SSSR count). The predicted octanol–water partition coefficient (Wildman–Crippen LogP) is 1.93. The van der Waals surface area contributed by atoms with E-state index in [1.54, 1.807) is 13.1 Å². The molecule has 6 heteroatoms. The summed E-state index contributed by atoms with van der Waals surface area (Å²) in [5, 5.41) is 3.90. The van der Waals surface area contributed by atoms with Crippen molar-refractivity contribution < 1.29 is 8.78 Å². The number of hydrogen-bond donors (Lipinski definition) is 1. The van der Waals surface area contributed by atoms with Crippen LogP contribution in [0.3, 0.4) is 0 Å². The van der Waals surface area contributed by atoms with E-state index < -0.39 is 11.6 Å². The zero-order valence-electron chi connectivity index (χ0n) is 9.06. The van der Waals surface area contributed by atoms with Crippen molar-refractivity contribution in [3.63, 3.8) is 0 Å². The summed E-state index contributed by atoms with van der Waals surface area (Å²) in [5.74, 6) is -0.885. The first-order valence-electron chi connectivity index (χ1n) is 4.87. The molecule has 1 aromatic carbocycles. The molecule has 17 heavy (non-hydrogen) atoms. The highest BCUT2D eigenvalue weighted by molar-refractivity contribution is 5.79. The molecule has 0 aliphatic carbocycles. The quantitative estimate of drug-likeness (QED) is 0.810. The fraction of sp³-hybridized carbons (Fsp3) is 0.0909. The number of halogens is 2. The van der Waals surface area contributed by atoms with Gasteiger partial charge in [-0.25, -0.2) is 18.4 Å². The number of rotatable bonds is 2. The average Bonchev–Trinajstić information content (AvgIpc) is 2.59. The summed E-state index contributed by atoms with van der Waals surface area (Å²) in [4.78, 5) is 3.92. The van der Waals surface area contributed by atoms with E-state index in [-0.39, 0.29) is 11.5 Å². The highest BCUT2D eigenvalue weighted by Crippen LogP contribution is 2.08. The average molecular weight is 236 g/mol. The number of nitrogens with two attached hydrogens (primary N) is 1. The minimum absolute atomic E-state index is 0.0516. The van der Waals surface area contributed by atoms with Gasteiger partial charge in [0, 0.05) is 5.56 Å². The van der Waals surface area contributed by atoms with Gasteiger partial charge in [-0.2, -0.15) is 5.10 Å². The Morgan fingerprint density at radius 2 is 2.18 bits per heavy atom. The Balaban J connectivity index is 2.31. The number of anilines is 1. The van der Waals surface area contributed by atoms with Crippen LogP contribution < -0.4 is 5.73 Å². The van der Waals surface area contributed by atoms with Crippen molar-refractivity contribution in [1.82, 2.24) is 9.66 Å². The second-order valence-electron chi connectivity index (χ2n) is 3.50. The van der Waals surface area contributed by atoms with E-state index in [2.05, 4.69) is 10.1 Å². The van der Waals surface area contributed by atoms with E-state index in [0.717, 1.165) is 18.2 Å². The van der Waals surface area contributed by atoms with E-state index in [1.165, 1.54) is 10.9 Å². The number of hydrogen-bond acceptors (Lipinski definition) is 3. The summed E-state index contributed by atoms with van der Waals surface area (Å²) < 4.78 is 27.4. The van der Waals surface area contributed by atoms with Crippen molar-refractivity contribution in [2.24, 2.45) is 5.10 Å². The van der Waals surface area contributed by atoms with Crippen LogP contribution in [-0.4, -0.2) is 15.9 Å². The van der Waals surface area contributed by atoms with Crippen molar-refractivity contribution in [3.05, 3.63) is 47.3 Å². The monoisotopic (exact) mass is 236 g/mol. The maximum Gasteiger partial charge on any atom is 0.221 e. The molecule has 4 nitrogen and oxygen atoms in total. The summed E-state index contributed by atoms with van der Waals surface area (Å²) in [6.45, 7) is 1.76. The molecule has 2 aromatic rings. The Labute approximate surface area is 96.4 Å². The molecule has 1 aromatic heterocycles. The van der Waals surface area contributed by atoms with Gasteiger partial charge >= 0.3 is 0 Å². The van der Waals surface area contributed by atoms with Crippen molar-refractivity contribution in [2.45, 2.75) is 6.92 Å². The van der Waals surface area contributed by atoms with Crippen LogP contribution >= 0.6 is 0 Å². The van der Waals surface area contributed by atoms with Gasteiger partial charge in [-0.15, -0.1) is 0 Å². The third kappa shape index (κ3) is 2.47. The first-order valence-corrected chi connectivity index (χ1v) is 4.87. The number of benzene rings is 1. The van der Waals surface area contributed by atoms with Crippen molar-refractivity contribution >= 4 is 12.2 Å². The van der Waals surface area contributed by atoms with Gasteiger partial charge in [-0.1, -0.05) is 0 Å². The summed E-state index contributed by atoms with van der Waals surface area (Å²) in [7, 11) is 0. The molecule has 0 fully saturated rings. The van der Waals surface area contributed by atoms with Crippen LogP contribution in [0.2, 0.25) is 0 Å². The van der Waals surface area contributed by atoms with Gasteiger partial charge in [0.05, 0.1) is 18.1 Å². The Hall–Kier alpha value is -2.24. The first kappa shape index (κ1) is 11.3. The van der Waals surface area contributed by atoms with Gasteiger partial charge < -0.3 is 5.73 Å². The molecule has 0 saturated heterocycles. The Morgan fingerprint density at radius 1 is 1.41 bits per heavy atom. The van der Waals surface area contributed by atoms with Gasteiger partial charge in [-0.05, 0) is 25.1 Å². The molecule has 0 bridgehead atoms. The maximum atomic E-state index is 13.3. The van der Waals surface area contributed by atoms with Crippen LogP contribution in [0.5, 0.6) is 0 Å². The third-order valence-corrected chi connectivity index (χ3v) is 2.11. The van der Waals surface area contributed by atoms with E-state index in [4.69, 9.17) is 5.73 Å². The number of nitrogens with zero attached hydrogens (tertiary/aromatic N) is 3. The lowest BCUT2D eigenvalue weighted by molar-refractivity contribution is 0.598. The molecule has 0 aliphatic heterocycles. The third-order valence-electron chi connectivity index (χ3n) is 2.11. The fourth-order valence-electron chi connectivity index (χ4n) is 1.33. The van der Waals surface area contributed by atoms with Crippen LogP contribution in [0.4, 0.5) is 14.7 Å². The lowest BCUT2D eigenvalue weighted by Gasteiger charge is -1.97. The smallest absolute Gasteiger partial charge is 0.221 e. The SMILES string of the molecule is Cc1cn(N=Cc2cc(F)ccc2F)c(N)n1. The molecular weight excluding hydrogens is 226 g/mol. The molecule has 0 unspecified atom stereocenters. The number of aryl methyl sites for hydroxylation is 1. The largest absolute Gasteiger partial charge is 0.368 e. The molecule has 2 N–H and O–H groups in total. The van der Waals surface area contributed by atoms with E-state index in [9.17, 15) is 8.78 Å². The summed E-state index contributed by atoms with van der Waals surface area (Å²) in [6, 6.07) is 3.14. The van der Waals surface area contributed by atoms with Crippen molar-refractivity contribution in [1.29, 1.82) is 0 Å². The zero-order valence-corrected chi connectivity index (χ0v) is 9.06. The summed E-state index contributed by atoms with van der Waals surface area (Å²) in [6.07, 6.45) is 2.78. The summed E-state index contributed by atoms with van der Waals surface area (Å²) in [5.41, 5.74) is 6.29. The lowest BCUT2D eigenvalue weighted by Crippen LogP contribution is -1.98. The van der Waals surface area contributed by atoms with Crippen LogP contribution in [0.1, 0.15) is 11.3 Å². The van der Waals surface area contributed by atoms with Gasteiger partial charge in [0.25, 0.3) is 0 Å². The predicted molar refractivity (Wildman–Crippen MR) is 60.7 cm³/mol. The topological polar surface area (TPSA) is 56.2 Å². The van der Waals surface area contributed by atoms with Crippen LogP contribution in [0.15, 0.2) is 29.5 Å². The molecular formula is C11H10F2N4. The van der Waals surface area contributed by atoms with Gasteiger partial charge in [0.2, 0.25) is 5.95 Å². The molecule has 0 spiro atoms. The number of nitrogen functional groups attached to an aromatic ring is 1. The second-order valence-corrected chi connectivity index (χ2v) is 3.50. The van der Waals surface area contributed by atoms with Crippen LogP contribution in [0.25, 0.3) is 0 Å². The minimum Gasteiger partial charge on any atom is -0.368 e. The highest BCUT2D eigenvalue weighted by atomic mass is 19.1. The maximum absolute atomic E-state index is 13.3. The fourth-order valence-corrected chi connectivity index (χ4v) is 1.33. The number of aromatic nitrogens is 2. The molecule has 88 valence electrons. The molecule has 0 atom stereocenters. The molecule has 0 saturated carbocycles. The normalized spacial score (nSPS) is 11.2. The molecule has 1 heterocycles. The Morgan fingerprint density at radius 3 is 2.82 bits per heavy atom. The van der Waals surface area contributed by atoms with Gasteiger partial charge in [-0.3, -0.25) is 0 Å². The Kier molecular flexibility index (Phi) is 2.86. The molecule has 0 aliphatic rings. The standard InChI is InChI=1S/C11H10F2N4/c1-7-6-17(11(14)16-7)15-5-8-4-9(12)2-3-10(8)13/h2-6H,1H3,(H2,14,16). The van der Waals surface area contributed by atoms with E-state index in [0.29, 0.717) is 5.69 Å². The van der Waals surface area contributed by atoms with Crippen LogP contribution in [-0.2, 0) is 0 Å². The Bertz CT molecular complexity index is 575. The second kappa shape index (κ2) is 4.32. The van der Waals surface area contributed by atoms with E-state index in [1.807, 2.05) is 0 Å². The van der Waals surface area contributed by atoms with Crippen LogP contribution in [0, 0.1) is 18.6 Å². The summed E-state index contributed by atoms with van der Waals surface area (Å²) >= 11 is 0. The van der Waals surface area contributed by atoms with Crippen molar-refractivity contribution in [2.75, 3.05) is 5.73 Å². The zero-order chi connectivity index (χ0) is 12.4. The van der Waals surface area contributed by atoms with E-state index >= 15 is 0 Å². The first-order chi connectivity index (χ1) is 8.06. The van der Waals surface area contributed by atoms with Gasteiger partial charge in [0.15, 0.2) is 0 Å². The molecule has 0 amide bonds. The van der Waals surface area contributed by atoms with Gasteiger partial charge in [0.1, 0.15) is 11.6 Å². The van der Waals surface area contributed by atoms with Crippen molar-refractivity contribution in [3.8, 4) is 0 Å². The minimum atomic E-state index is -0.550.